The van der Waals surface area contributed by atoms with Crippen LogP contribution in [0.3, 0.4) is 0 Å². The van der Waals surface area contributed by atoms with Crippen LogP contribution in [0.15, 0.2) is 11.1 Å². The predicted molar refractivity (Wildman–Crippen MR) is 83.6 cm³/mol. The van der Waals surface area contributed by atoms with E-state index in [4.69, 9.17) is 20.9 Å². The molecule has 1 aromatic rings. The Kier molecular flexibility index (Phi) is 5.52. The molecule has 1 aliphatic heterocycles. The first-order chi connectivity index (χ1) is 11.3. The Morgan fingerprint density at radius 1 is 1.62 bits per heavy atom. The van der Waals surface area contributed by atoms with Gasteiger partial charge in [-0.3, -0.25) is 9.36 Å². The summed E-state index contributed by atoms with van der Waals surface area (Å²) >= 11 is 0. The number of nitrogens with zero attached hydrogens (tertiary/aromatic N) is 3. The van der Waals surface area contributed by atoms with Gasteiger partial charge in [-0.1, -0.05) is 13.8 Å². The summed E-state index contributed by atoms with van der Waals surface area (Å²) in [5.41, 5.74) is 9.12. The maximum atomic E-state index is 12.0. The minimum Gasteiger partial charge on any atom is -0.462 e. The lowest BCUT2D eigenvalue weighted by Gasteiger charge is -2.28. The Morgan fingerprint density at radius 2 is 2.33 bits per heavy atom. The monoisotopic (exact) mass is 341 g/mol. The minimum atomic E-state index is -1.29. The van der Waals surface area contributed by atoms with Crippen LogP contribution < -0.4 is 17.2 Å². The van der Waals surface area contributed by atoms with Crippen LogP contribution in [-0.4, -0.2) is 51.0 Å². The Labute approximate surface area is 138 Å². The van der Waals surface area contributed by atoms with E-state index in [1.807, 2.05) is 13.8 Å². The van der Waals surface area contributed by atoms with Crippen LogP contribution in [-0.2, 0) is 20.0 Å². The van der Waals surface area contributed by atoms with Gasteiger partial charge in [0.1, 0.15) is 19.0 Å². The molecule has 0 radical (unpaired) electrons. The van der Waals surface area contributed by atoms with Crippen LogP contribution in [0.4, 0.5) is 5.95 Å². The van der Waals surface area contributed by atoms with E-state index in [0.717, 1.165) is 4.57 Å². The van der Waals surface area contributed by atoms with Crippen LogP contribution in [0.1, 0.15) is 26.7 Å². The molecular weight excluding hydrogens is 318 g/mol. The molecule has 5 N–H and O–H groups in total. The van der Waals surface area contributed by atoms with Crippen LogP contribution in [0, 0.1) is 5.92 Å². The molecule has 0 amide bonds. The number of nitrogen functional groups attached to an aromatic ring is 1. The smallest absolute Gasteiger partial charge is 0.354 e. The van der Waals surface area contributed by atoms with E-state index in [2.05, 4.69) is 9.97 Å². The molecule has 2 heterocycles. The third-order valence-corrected chi connectivity index (χ3v) is 4.05. The van der Waals surface area contributed by atoms with E-state index in [1.54, 1.807) is 0 Å². The second-order valence-corrected chi connectivity index (χ2v) is 6.15. The lowest BCUT2D eigenvalue weighted by atomic mass is 10.1. The standard InChI is InChI=1S/C14H23N5O5/c1-8(2)10(15)11(21)23-5-9-3-4-14(6-20,24-9)19-7-17-12(16)18-13(19)22/h7-10,20H,3-6,15H2,1-2H3,(H2,16,18,22)/t9-,10-,14-/m0/s1. The summed E-state index contributed by atoms with van der Waals surface area (Å²) in [6.45, 7) is 3.19. The maximum absolute atomic E-state index is 12.0. The van der Waals surface area contributed by atoms with E-state index < -0.39 is 36.1 Å². The van der Waals surface area contributed by atoms with E-state index in [9.17, 15) is 14.7 Å². The average molecular weight is 341 g/mol. The van der Waals surface area contributed by atoms with Gasteiger partial charge in [0.2, 0.25) is 5.95 Å². The van der Waals surface area contributed by atoms with Gasteiger partial charge < -0.3 is 26.0 Å². The van der Waals surface area contributed by atoms with Crippen LogP contribution >= 0.6 is 0 Å². The fourth-order valence-electron chi connectivity index (χ4n) is 2.47. The largest absolute Gasteiger partial charge is 0.462 e. The Morgan fingerprint density at radius 3 is 2.92 bits per heavy atom. The quantitative estimate of drug-likeness (QED) is 0.528. The summed E-state index contributed by atoms with van der Waals surface area (Å²) in [7, 11) is 0. The fraction of sp³-hybridized carbons (Fsp3) is 0.714. The zero-order chi connectivity index (χ0) is 17.9. The molecule has 3 atom stereocenters. The van der Waals surface area contributed by atoms with E-state index in [1.165, 1.54) is 6.33 Å². The van der Waals surface area contributed by atoms with Gasteiger partial charge in [0.15, 0.2) is 5.72 Å². The normalized spacial score (nSPS) is 25.0. The molecule has 134 valence electrons. The van der Waals surface area contributed by atoms with Gasteiger partial charge >= 0.3 is 11.7 Å². The number of ether oxygens (including phenoxy) is 2. The third kappa shape index (κ3) is 3.71. The van der Waals surface area contributed by atoms with Gasteiger partial charge in [-0.15, -0.1) is 0 Å². The number of aliphatic hydroxyl groups is 1. The van der Waals surface area contributed by atoms with Crippen molar-refractivity contribution in [2.45, 2.75) is 44.6 Å². The number of hydrogen-bond donors (Lipinski definition) is 3. The third-order valence-electron chi connectivity index (χ3n) is 4.05. The van der Waals surface area contributed by atoms with Gasteiger partial charge in [0.05, 0.1) is 12.7 Å². The van der Waals surface area contributed by atoms with Crippen molar-refractivity contribution in [3.63, 3.8) is 0 Å². The lowest BCUT2D eigenvalue weighted by Crippen LogP contribution is -2.46. The number of aromatic nitrogens is 3. The number of hydrogen-bond acceptors (Lipinski definition) is 9. The van der Waals surface area contributed by atoms with Gasteiger partial charge in [-0.05, 0) is 12.3 Å². The highest BCUT2D eigenvalue weighted by Crippen LogP contribution is 2.33. The summed E-state index contributed by atoms with van der Waals surface area (Å²) < 4.78 is 12.0. The number of rotatable bonds is 6. The molecule has 0 bridgehead atoms. The van der Waals surface area contributed by atoms with Crippen LogP contribution in [0.25, 0.3) is 0 Å². The highest BCUT2D eigenvalue weighted by atomic mass is 16.6. The number of esters is 1. The molecule has 0 aliphatic carbocycles. The van der Waals surface area contributed by atoms with Gasteiger partial charge in [-0.25, -0.2) is 9.78 Å². The SMILES string of the molecule is CC(C)[C@H](N)C(=O)OC[C@@H]1CC[C@](CO)(n2cnc(N)nc2=O)O1. The van der Waals surface area contributed by atoms with Crippen LogP contribution in [0.5, 0.6) is 0 Å². The summed E-state index contributed by atoms with van der Waals surface area (Å²) in [5, 5.41) is 9.72. The van der Waals surface area contributed by atoms with Gasteiger partial charge in [0, 0.05) is 6.42 Å². The first-order valence-corrected chi connectivity index (χ1v) is 7.71. The summed E-state index contributed by atoms with van der Waals surface area (Å²) in [6, 6.07) is -0.706. The topological polar surface area (TPSA) is 156 Å². The highest BCUT2D eigenvalue weighted by molar-refractivity contribution is 5.75. The average Bonchev–Trinajstić information content (AvgIpc) is 2.96. The first kappa shape index (κ1) is 18.3. The van der Waals surface area contributed by atoms with Crippen molar-refractivity contribution in [1.29, 1.82) is 0 Å². The van der Waals surface area contributed by atoms with Crippen molar-refractivity contribution in [2.75, 3.05) is 18.9 Å². The molecule has 0 aromatic carbocycles. The van der Waals surface area contributed by atoms with Crippen molar-refractivity contribution in [3.05, 3.63) is 16.8 Å². The molecule has 0 spiro atoms. The number of carbonyl (C=O) groups is 1. The molecule has 10 heteroatoms. The maximum Gasteiger partial charge on any atom is 0.354 e. The Balaban J connectivity index is 2.04. The van der Waals surface area contributed by atoms with Crippen molar-refractivity contribution < 1.29 is 19.4 Å². The zero-order valence-corrected chi connectivity index (χ0v) is 13.7. The van der Waals surface area contributed by atoms with Crippen molar-refractivity contribution in [1.82, 2.24) is 14.5 Å². The molecule has 1 saturated heterocycles. The van der Waals surface area contributed by atoms with E-state index in [-0.39, 0.29) is 18.5 Å². The molecule has 2 rings (SSSR count). The molecule has 10 nitrogen and oxygen atoms in total. The second-order valence-electron chi connectivity index (χ2n) is 6.15. The molecule has 0 saturated carbocycles. The predicted octanol–water partition coefficient (Wildman–Crippen LogP) is -1.43. The van der Waals surface area contributed by atoms with E-state index >= 15 is 0 Å². The second kappa shape index (κ2) is 7.24. The molecule has 1 fully saturated rings. The summed E-state index contributed by atoms with van der Waals surface area (Å²) in [6.07, 6.45) is 1.55. The Bertz CT molecular complexity index is 649. The van der Waals surface area contributed by atoms with Crippen molar-refractivity contribution >= 4 is 11.9 Å². The number of nitrogens with two attached hydrogens (primary N) is 2. The minimum absolute atomic E-state index is 0.00835. The molecule has 1 aliphatic rings. The number of aliphatic hydroxyl groups excluding tert-OH is 1. The van der Waals surface area contributed by atoms with Gasteiger partial charge in [0.25, 0.3) is 0 Å². The summed E-state index contributed by atoms with van der Waals surface area (Å²) in [4.78, 5) is 31.0. The lowest BCUT2D eigenvalue weighted by molar-refractivity contribution is -0.163. The number of anilines is 1. The zero-order valence-electron chi connectivity index (χ0n) is 13.7. The fourth-order valence-corrected chi connectivity index (χ4v) is 2.47. The first-order valence-electron chi connectivity index (χ1n) is 7.71. The van der Waals surface area contributed by atoms with E-state index in [0.29, 0.717) is 12.8 Å². The number of carbonyl (C=O) groups excluding carboxylic acids is 1. The Hall–Kier alpha value is -2.04. The van der Waals surface area contributed by atoms with Crippen molar-refractivity contribution in [3.8, 4) is 0 Å². The molecule has 0 unspecified atom stereocenters. The van der Waals surface area contributed by atoms with Crippen molar-refractivity contribution in [2.24, 2.45) is 11.7 Å². The van der Waals surface area contributed by atoms with Gasteiger partial charge in [-0.2, -0.15) is 4.98 Å². The molecule has 1 aromatic heterocycles. The molecule has 24 heavy (non-hydrogen) atoms. The molecular formula is C14H23N5O5. The highest BCUT2D eigenvalue weighted by Gasteiger charge is 2.43. The van der Waals surface area contributed by atoms with Crippen LogP contribution in [0.2, 0.25) is 0 Å². The summed E-state index contributed by atoms with van der Waals surface area (Å²) in [5.74, 6) is -0.706.